The van der Waals surface area contributed by atoms with Crippen LogP contribution in [0.1, 0.15) is 11.1 Å². The minimum atomic E-state index is -0.605. The number of nitrogens with zero attached hydrogens (tertiary/aromatic N) is 2. The Morgan fingerprint density at radius 1 is 1.00 bits per heavy atom. The predicted molar refractivity (Wildman–Crippen MR) is 146 cm³/mol. The van der Waals surface area contributed by atoms with E-state index in [2.05, 4.69) is 5.32 Å². The molecule has 36 heavy (non-hydrogen) atoms. The van der Waals surface area contributed by atoms with Crippen molar-refractivity contribution in [1.82, 2.24) is 5.32 Å². The average Bonchev–Trinajstić information content (AvgIpc) is 3.18. The van der Waals surface area contributed by atoms with Gasteiger partial charge in [0.2, 0.25) is 5.91 Å². The normalized spacial score (nSPS) is 16.6. The molecule has 3 aromatic carbocycles. The van der Waals surface area contributed by atoms with E-state index in [1.807, 2.05) is 36.4 Å². The second-order valence-electron chi connectivity index (χ2n) is 7.98. The standard InChI is InChI=1S/C27H20Cl3N3O2S/c28-19-6-9-21(10-7-19)33-26(35)24(15-18-14-20(29)8-11-23(18)30)36-27(33)22(16-31)25(34)32-13-12-17-4-2-1-3-5-17/h1-11,14,24H,12-13,15H2,(H,32,34)/b27-22-/t24-/m0/s1. The summed E-state index contributed by atoms with van der Waals surface area (Å²) in [7, 11) is 0. The van der Waals surface area contributed by atoms with E-state index in [0.717, 1.165) is 17.3 Å². The van der Waals surface area contributed by atoms with Gasteiger partial charge in [-0.1, -0.05) is 76.9 Å². The highest BCUT2D eigenvalue weighted by molar-refractivity contribution is 8.05. The summed E-state index contributed by atoms with van der Waals surface area (Å²) in [5.74, 6) is -0.803. The summed E-state index contributed by atoms with van der Waals surface area (Å²) in [4.78, 5) is 28.0. The highest BCUT2D eigenvalue weighted by Crippen LogP contribution is 2.42. The Morgan fingerprint density at radius 2 is 1.69 bits per heavy atom. The van der Waals surface area contributed by atoms with Crippen LogP contribution in [-0.2, 0) is 22.4 Å². The molecule has 0 unspecified atom stereocenters. The second-order valence-corrected chi connectivity index (χ2v) is 10.5. The van der Waals surface area contributed by atoms with E-state index in [0.29, 0.717) is 39.3 Å². The molecule has 1 fully saturated rings. The van der Waals surface area contributed by atoms with Crippen LogP contribution < -0.4 is 10.2 Å². The van der Waals surface area contributed by atoms with E-state index in [4.69, 9.17) is 34.8 Å². The number of hydrogen-bond acceptors (Lipinski definition) is 4. The number of hydrogen-bond donors (Lipinski definition) is 1. The highest BCUT2D eigenvalue weighted by Gasteiger charge is 2.41. The van der Waals surface area contributed by atoms with Gasteiger partial charge >= 0.3 is 0 Å². The molecule has 0 bridgehead atoms. The third kappa shape index (κ3) is 6.05. The molecule has 0 aromatic heterocycles. The summed E-state index contributed by atoms with van der Waals surface area (Å²) in [5.41, 5.74) is 2.15. The van der Waals surface area contributed by atoms with E-state index in [1.54, 1.807) is 42.5 Å². The van der Waals surface area contributed by atoms with Crippen molar-refractivity contribution in [2.24, 2.45) is 0 Å². The number of halogens is 3. The molecule has 9 heteroatoms. The zero-order valence-electron chi connectivity index (χ0n) is 18.9. The van der Waals surface area contributed by atoms with Crippen LogP contribution in [0.4, 0.5) is 5.69 Å². The molecule has 5 nitrogen and oxygen atoms in total. The minimum Gasteiger partial charge on any atom is -0.351 e. The van der Waals surface area contributed by atoms with Gasteiger partial charge in [-0.3, -0.25) is 14.5 Å². The van der Waals surface area contributed by atoms with Crippen LogP contribution in [-0.4, -0.2) is 23.6 Å². The van der Waals surface area contributed by atoms with Gasteiger partial charge in [0.1, 0.15) is 16.7 Å². The fraction of sp³-hybridized carbons (Fsp3) is 0.148. The summed E-state index contributed by atoms with van der Waals surface area (Å²) in [6.07, 6.45) is 0.897. The first-order valence-corrected chi connectivity index (χ1v) is 13.1. The van der Waals surface area contributed by atoms with Crippen LogP contribution in [0.2, 0.25) is 15.1 Å². The molecule has 1 aliphatic heterocycles. The van der Waals surface area contributed by atoms with Crippen molar-refractivity contribution in [3.8, 4) is 6.07 Å². The molecule has 0 saturated carbocycles. The lowest BCUT2D eigenvalue weighted by molar-refractivity contribution is -0.117. The lowest BCUT2D eigenvalue weighted by atomic mass is 10.1. The summed E-state index contributed by atoms with van der Waals surface area (Å²) in [6.45, 7) is 0.350. The van der Waals surface area contributed by atoms with Gasteiger partial charge in [0, 0.05) is 27.3 Å². The quantitative estimate of drug-likeness (QED) is 0.269. The second kappa shape index (κ2) is 11.9. The fourth-order valence-electron chi connectivity index (χ4n) is 3.76. The van der Waals surface area contributed by atoms with Gasteiger partial charge in [-0.25, -0.2) is 0 Å². The van der Waals surface area contributed by atoms with Crippen LogP contribution in [0.5, 0.6) is 0 Å². The molecule has 182 valence electrons. The zero-order valence-corrected chi connectivity index (χ0v) is 22.0. The van der Waals surface area contributed by atoms with Crippen LogP contribution in [0.3, 0.4) is 0 Å². The third-order valence-electron chi connectivity index (χ3n) is 5.55. The number of benzene rings is 3. The maximum absolute atomic E-state index is 13.6. The molecule has 0 radical (unpaired) electrons. The van der Waals surface area contributed by atoms with Gasteiger partial charge in [0.25, 0.3) is 5.91 Å². The number of nitriles is 1. The van der Waals surface area contributed by atoms with Crippen LogP contribution in [0.15, 0.2) is 83.4 Å². The van der Waals surface area contributed by atoms with Gasteiger partial charge in [-0.2, -0.15) is 5.26 Å². The molecule has 1 saturated heterocycles. The van der Waals surface area contributed by atoms with Crippen molar-refractivity contribution in [3.05, 3.63) is 110 Å². The number of thioether (sulfide) groups is 1. The summed E-state index contributed by atoms with van der Waals surface area (Å²) in [6, 6.07) is 23.5. The SMILES string of the molecule is N#C/C(C(=O)NCCc1ccccc1)=C1/S[C@@H](Cc2cc(Cl)ccc2Cl)C(=O)N1c1ccc(Cl)cc1. The van der Waals surface area contributed by atoms with Crippen LogP contribution >= 0.6 is 46.6 Å². The van der Waals surface area contributed by atoms with E-state index in [9.17, 15) is 14.9 Å². The smallest absolute Gasteiger partial charge is 0.264 e. The van der Waals surface area contributed by atoms with Crippen molar-refractivity contribution >= 4 is 64.1 Å². The lowest BCUT2D eigenvalue weighted by Crippen LogP contribution is -2.32. The number of nitrogens with one attached hydrogen (secondary N) is 1. The first-order chi connectivity index (χ1) is 17.4. The zero-order chi connectivity index (χ0) is 25.7. The molecule has 2 amide bonds. The molecular formula is C27H20Cl3N3O2S. The largest absolute Gasteiger partial charge is 0.351 e. The molecule has 3 aromatic rings. The van der Waals surface area contributed by atoms with Gasteiger partial charge in [-0.15, -0.1) is 0 Å². The third-order valence-corrected chi connectivity index (χ3v) is 7.66. The number of amides is 2. The van der Waals surface area contributed by atoms with Crippen LogP contribution in [0.25, 0.3) is 0 Å². The van der Waals surface area contributed by atoms with Crippen molar-refractivity contribution in [2.45, 2.75) is 18.1 Å². The van der Waals surface area contributed by atoms with Crippen molar-refractivity contribution < 1.29 is 9.59 Å². The Bertz CT molecular complexity index is 1350. The van der Waals surface area contributed by atoms with Gasteiger partial charge in [0.05, 0.1) is 5.25 Å². The average molecular weight is 557 g/mol. The molecule has 1 aliphatic rings. The molecule has 1 N–H and O–H groups in total. The Labute approximate surface area is 228 Å². The topological polar surface area (TPSA) is 73.2 Å². The van der Waals surface area contributed by atoms with Gasteiger partial charge < -0.3 is 5.32 Å². The molecule has 1 atom stereocenters. The van der Waals surface area contributed by atoms with Crippen molar-refractivity contribution in [2.75, 3.05) is 11.4 Å². The first kappa shape index (κ1) is 26.1. The van der Waals surface area contributed by atoms with E-state index < -0.39 is 11.2 Å². The Balaban J connectivity index is 1.64. The minimum absolute atomic E-state index is 0.129. The van der Waals surface area contributed by atoms with Crippen molar-refractivity contribution in [3.63, 3.8) is 0 Å². The number of rotatable bonds is 7. The summed E-state index contributed by atoms with van der Waals surface area (Å²) >= 11 is 19.7. The number of anilines is 1. The Kier molecular flexibility index (Phi) is 8.60. The monoisotopic (exact) mass is 555 g/mol. The number of carbonyl (C=O) groups excluding carboxylic acids is 2. The van der Waals surface area contributed by atoms with Crippen molar-refractivity contribution in [1.29, 1.82) is 5.26 Å². The van der Waals surface area contributed by atoms with E-state index >= 15 is 0 Å². The highest BCUT2D eigenvalue weighted by atomic mass is 35.5. The molecular weight excluding hydrogens is 537 g/mol. The summed E-state index contributed by atoms with van der Waals surface area (Å²) in [5, 5.41) is 13.9. The summed E-state index contributed by atoms with van der Waals surface area (Å²) < 4.78 is 0. The fourth-order valence-corrected chi connectivity index (χ4v) is 5.58. The molecule has 1 heterocycles. The van der Waals surface area contributed by atoms with E-state index in [1.165, 1.54) is 4.90 Å². The molecule has 0 spiro atoms. The van der Waals surface area contributed by atoms with Gasteiger partial charge in [-0.05, 0) is 66.4 Å². The number of carbonyl (C=O) groups is 2. The Morgan fingerprint density at radius 3 is 2.39 bits per heavy atom. The van der Waals surface area contributed by atoms with E-state index in [-0.39, 0.29) is 22.9 Å². The lowest BCUT2D eigenvalue weighted by Gasteiger charge is -2.19. The van der Waals surface area contributed by atoms with Gasteiger partial charge in [0.15, 0.2) is 0 Å². The molecule has 0 aliphatic carbocycles. The maximum Gasteiger partial charge on any atom is 0.264 e. The van der Waals surface area contributed by atoms with Crippen LogP contribution in [0, 0.1) is 11.3 Å². The predicted octanol–water partition coefficient (Wildman–Crippen LogP) is 6.43. The molecule has 4 rings (SSSR count). The first-order valence-electron chi connectivity index (χ1n) is 11.0. The maximum atomic E-state index is 13.6. The Hall–Kier alpha value is -2.95.